The predicted octanol–water partition coefficient (Wildman–Crippen LogP) is 0.161. The van der Waals surface area contributed by atoms with Crippen LogP contribution in [0.5, 0.6) is 0 Å². The third-order valence-corrected chi connectivity index (χ3v) is 3.15. The number of nitrogens with one attached hydrogen (secondary N) is 2. The molecule has 1 atom stereocenters. The van der Waals surface area contributed by atoms with Crippen molar-refractivity contribution in [2.24, 2.45) is 0 Å². The third-order valence-electron chi connectivity index (χ3n) is 3.15. The highest BCUT2D eigenvalue weighted by Gasteiger charge is 2.22. The second-order valence-corrected chi connectivity index (χ2v) is 4.72. The smallest absolute Gasteiger partial charge is 0.322 e. The zero-order valence-electron chi connectivity index (χ0n) is 11.1. The number of carbonyl (C=O) groups is 3. The topological polar surface area (TPSA) is 98.7 Å². The maximum atomic E-state index is 11.9. The highest BCUT2D eigenvalue weighted by atomic mass is 16.4. The highest BCUT2D eigenvalue weighted by Crippen LogP contribution is 2.15. The van der Waals surface area contributed by atoms with Crippen molar-refractivity contribution < 1.29 is 19.5 Å². The number of carboxylic acids is 1. The monoisotopic (exact) mass is 271 g/mol. The average Bonchev–Trinajstić information content (AvgIpc) is 2.58. The molecule has 1 aliphatic heterocycles. The Morgan fingerprint density at radius 3 is 2.58 bits per heavy atom. The molecule has 1 aliphatic rings. The zero-order chi connectivity index (χ0) is 14.3. The molecule has 3 amide bonds. The van der Waals surface area contributed by atoms with Gasteiger partial charge >= 0.3 is 12.0 Å². The summed E-state index contributed by atoms with van der Waals surface area (Å²) in [4.78, 5) is 35.2. The second kappa shape index (κ2) is 7.60. The van der Waals surface area contributed by atoms with E-state index in [9.17, 15) is 14.4 Å². The van der Waals surface area contributed by atoms with Gasteiger partial charge in [-0.2, -0.15) is 0 Å². The Morgan fingerprint density at radius 2 is 1.89 bits per heavy atom. The molecule has 108 valence electrons. The zero-order valence-corrected chi connectivity index (χ0v) is 11.1. The van der Waals surface area contributed by atoms with Gasteiger partial charge in [-0.25, -0.2) is 4.79 Å². The van der Waals surface area contributed by atoms with E-state index in [2.05, 4.69) is 10.6 Å². The maximum Gasteiger partial charge on any atom is 0.322 e. The van der Waals surface area contributed by atoms with Crippen LogP contribution in [0.15, 0.2) is 0 Å². The van der Waals surface area contributed by atoms with Crippen molar-refractivity contribution >= 4 is 17.9 Å². The molecule has 0 saturated carbocycles. The molecule has 0 aromatic carbocycles. The first-order valence-electron chi connectivity index (χ1n) is 6.53. The fourth-order valence-corrected chi connectivity index (χ4v) is 2.07. The Balaban J connectivity index is 2.33. The molecular formula is C12H21N3O4. The number of rotatable bonds is 4. The Bertz CT molecular complexity index is 346. The van der Waals surface area contributed by atoms with Gasteiger partial charge in [-0.05, 0) is 19.8 Å². The van der Waals surface area contributed by atoms with E-state index < -0.39 is 18.4 Å². The maximum absolute atomic E-state index is 11.9. The third kappa shape index (κ3) is 5.58. The van der Waals surface area contributed by atoms with Gasteiger partial charge in [0.05, 0.1) is 6.54 Å². The quantitative estimate of drug-likeness (QED) is 0.678. The fourth-order valence-electron chi connectivity index (χ4n) is 2.07. The van der Waals surface area contributed by atoms with Crippen LogP contribution in [0.2, 0.25) is 0 Å². The molecule has 0 spiro atoms. The molecule has 1 unspecified atom stereocenters. The minimum Gasteiger partial charge on any atom is -0.480 e. The van der Waals surface area contributed by atoms with Crippen molar-refractivity contribution in [1.82, 2.24) is 15.5 Å². The minimum atomic E-state index is -1.11. The van der Waals surface area contributed by atoms with E-state index in [1.165, 1.54) is 0 Å². The van der Waals surface area contributed by atoms with E-state index in [0.29, 0.717) is 6.54 Å². The summed E-state index contributed by atoms with van der Waals surface area (Å²) in [7, 11) is 0. The van der Waals surface area contributed by atoms with Crippen molar-refractivity contribution in [2.45, 2.75) is 38.6 Å². The number of aliphatic carboxylic acids is 1. The van der Waals surface area contributed by atoms with Gasteiger partial charge in [0.1, 0.15) is 6.54 Å². The number of carboxylic acid groups (broad SMARTS) is 1. The molecule has 0 bridgehead atoms. The number of urea groups is 1. The van der Waals surface area contributed by atoms with Crippen molar-refractivity contribution in [3.05, 3.63) is 0 Å². The molecular weight excluding hydrogens is 250 g/mol. The highest BCUT2D eigenvalue weighted by molar-refractivity contribution is 5.86. The normalized spacial score (nSPS) is 19.4. The van der Waals surface area contributed by atoms with Crippen LogP contribution in [-0.4, -0.2) is 53.6 Å². The lowest BCUT2D eigenvalue weighted by Crippen LogP contribution is -2.48. The Hall–Kier alpha value is -1.79. The fraction of sp³-hybridized carbons (Fsp3) is 0.750. The summed E-state index contributed by atoms with van der Waals surface area (Å²) in [5.74, 6) is -1.61. The molecule has 7 nitrogen and oxygen atoms in total. The summed E-state index contributed by atoms with van der Waals surface area (Å²) >= 11 is 0. The van der Waals surface area contributed by atoms with E-state index in [1.807, 2.05) is 6.92 Å². The number of likely N-dealkylation sites (tertiary alicyclic amines) is 1. The summed E-state index contributed by atoms with van der Waals surface area (Å²) in [6.07, 6.45) is 4.18. The number of nitrogens with zero attached hydrogens (tertiary/aromatic N) is 1. The summed E-state index contributed by atoms with van der Waals surface area (Å²) in [6.45, 7) is 2.06. The largest absolute Gasteiger partial charge is 0.480 e. The molecule has 1 fully saturated rings. The van der Waals surface area contributed by atoms with Crippen LogP contribution in [0, 0.1) is 0 Å². The van der Waals surface area contributed by atoms with Gasteiger partial charge in [-0.1, -0.05) is 12.8 Å². The van der Waals surface area contributed by atoms with E-state index in [4.69, 9.17) is 5.11 Å². The first-order valence-corrected chi connectivity index (χ1v) is 6.53. The molecule has 0 aromatic heterocycles. The first kappa shape index (κ1) is 15.3. The molecule has 3 N–H and O–H groups in total. The van der Waals surface area contributed by atoms with E-state index in [-0.39, 0.29) is 18.6 Å². The lowest BCUT2D eigenvalue weighted by atomic mass is 10.1. The van der Waals surface area contributed by atoms with Crippen LogP contribution in [0.4, 0.5) is 4.79 Å². The average molecular weight is 271 g/mol. The number of amides is 3. The summed E-state index contributed by atoms with van der Waals surface area (Å²) < 4.78 is 0. The Morgan fingerprint density at radius 1 is 1.16 bits per heavy atom. The molecule has 0 aliphatic carbocycles. The second-order valence-electron chi connectivity index (χ2n) is 4.72. The molecule has 1 rings (SSSR count). The van der Waals surface area contributed by atoms with Gasteiger partial charge in [-0.3, -0.25) is 9.59 Å². The summed E-state index contributed by atoms with van der Waals surface area (Å²) in [5, 5.41) is 13.1. The number of hydrogen-bond acceptors (Lipinski definition) is 3. The lowest BCUT2D eigenvalue weighted by Gasteiger charge is -2.27. The van der Waals surface area contributed by atoms with E-state index in [0.717, 1.165) is 25.7 Å². The van der Waals surface area contributed by atoms with Crippen molar-refractivity contribution in [3.63, 3.8) is 0 Å². The van der Waals surface area contributed by atoms with Crippen LogP contribution in [0.1, 0.15) is 32.6 Å². The van der Waals surface area contributed by atoms with Crippen LogP contribution in [0.3, 0.4) is 0 Å². The first-order chi connectivity index (χ1) is 9.00. The molecule has 0 aromatic rings. The van der Waals surface area contributed by atoms with Gasteiger partial charge in [0, 0.05) is 12.6 Å². The van der Waals surface area contributed by atoms with Crippen molar-refractivity contribution in [1.29, 1.82) is 0 Å². The summed E-state index contributed by atoms with van der Waals surface area (Å²) in [5.41, 5.74) is 0. The molecule has 1 saturated heterocycles. The van der Waals surface area contributed by atoms with Gasteiger partial charge in [0.25, 0.3) is 0 Å². The number of carbonyl (C=O) groups excluding carboxylic acids is 2. The van der Waals surface area contributed by atoms with Gasteiger partial charge < -0.3 is 20.6 Å². The van der Waals surface area contributed by atoms with Gasteiger partial charge in [0.15, 0.2) is 0 Å². The van der Waals surface area contributed by atoms with Crippen LogP contribution < -0.4 is 10.6 Å². The van der Waals surface area contributed by atoms with E-state index >= 15 is 0 Å². The summed E-state index contributed by atoms with van der Waals surface area (Å²) in [6, 6.07) is -0.0931. The van der Waals surface area contributed by atoms with Gasteiger partial charge in [-0.15, -0.1) is 0 Å². The number of hydrogen-bond donors (Lipinski definition) is 3. The minimum absolute atomic E-state index is 0.171. The van der Waals surface area contributed by atoms with Crippen molar-refractivity contribution in [2.75, 3.05) is 19.6 Å². The lowest BCUT2D eigenvalue weighted by molar-refractivity contribution is -0.137. The SMILES string of the molecule is CC1CCCCCN1C(=O)NCC(=O)NCC(=O)O. The Labute approximate surface area is 112 Å². The Kier molecular flexibility index (Phi) is 6.11. The molecule has 7 heteroatoms. The van der Waals surface area contributed by atoms with Crippen LogP contribution in [0.25, 0.3) is 0 Å². The molecule has 19 heavy (non-hydrogen) atoms. The molecule has 1 heterocycles. The van der Waals surface area contributed by atoms with E-state index in [1.54, 1.807) is 4.90 Å². The standard InChI is InChI=1S/C12H21N3O4/c1-9-5-3-2-4-6-15(9)12(19)14-7-10(16)13-8-11(17)18/h9H,2-8H2,1H3,(H,13,16)(H,14,19)(H,17,18). The molecule has 0 radical (unpaired) electrons. The van der Waals surface area contributed by atoms with Crippen LogP contribution in [-0.2, 0) is 9.59 Å². The predicted molar refractivity (Wildman–Crippen MR) is 68.7 cm³/mol. The van der Waals surface area contributed by atoms with Crippen molar-refractivity contribution in [3.8, 4) is 0 Å². The van der Waals surface area contributed by atoms with Crippen LogP contribution >= 0.6 is 0 Å². The van der Waals surface area contributed by atoms with Gasteiger partial charge in [0.2, 0.25) is 5.91 Å².